The average molecular weight is 258 g/mol. The van der Waals surface area contributed by atoms with E-state index in [-0.39, 0.29) is 0 Å². The van der Waals surface area contributed by atoms with Gasteiger partial charge in [-0.05, 0) is 31.0 Å². The fourth-order valence-electron chi connectivity index (χ4n) is 2.89. The minimum absolute atomic E-state index is 0.950. The van der Waals surface area contributed by atoms with Gasteiger partial charge in [0.25, 0.3) is 0 Å². The maximum absolute atomic E-state index is 4.85. The average Bonchev–Trinajstić information content (AvgIpc) is 2.69. The lowest BCUT2D eigenvalue weighted by molar-refractivity contribution is 0.226. The molecule has 102 valence electrons. The summed E-state index contributed by atoms with van der Waals surface area (Å²) in [7, 11) is 2.13. The van der Waals surface area contributed by atoms with Crippen molar-refractivity contribution in [3.8, 4) is 0 Å². The Balaban J connectivity index is 1.95. The van der Waals surface area contributed by atoms with Crippen LogP contribution in [0.1, 0.15) is 17.0 Å². The normalized spacial score (nSPS) is 17.2. The third-order valence-corrected chi connectivity index (χ3v) is 3.99. The molecule has 4 nitrogen and oxygen atoms in total. The van der Waals surface area contributed by atoms with Crippen LogP contribution in [0.2, 0.25) is 0 Å². The molecule has 0 spiro atoms. The molecular formula is C15H22N4. The molecule has 1 saturated heterocycles. The molecule has 0 saturated carbocycles. The largest absolute Gasteiger partial charge is 0.330 e. The molecule has 0 bridgehead atoms. The number of aryl methyl sites for hydroxylation is 3. The topological polar surface area (TPSA) is 33.1 Å². The highest BCUT2D eigenvalue weighted by Gasteiger charge is 2.15. The fraction of sp³-hybridized carbons (Fsp3) is 0.533. The van der Waals surface area contributed by atoms with Gasteiger partial charge >= 0.3 is 0 Å². The van der Waals surface area contributed by atoms with Gasteiger partial charge in [0.1, 0.15) is 5.82 Å². The first-order valence-corrected chi connectivity index (χ1v) is 7.01. The van der Waals surface area contributed by atoms with Crippen molar-refractivity contribution >= 4 is 11.0 Å². The highest BCUT2D eigenvalue weighted by atomic mass is 15.2. The second-order valence-electron chi connectivity index (χ2n) is 5.56. The Morgan fingerprint density at radius 1 is 1.21 bits per heavy atom. The molecule has 0 aliphatic carbocycles. The Morgan fingerprint density at radius 3 is 2.68 bits per heavy atom. The number of hydrogen-bond donors (Lipinski definition) is 1. The quantitative estimate of drug-likeness (QED) is 0.888. The molecule has 19 heavy (non-hydrogen) atoms. The van der Waals surface area contributed by atoms with Gasteiger partial charge in [0, 0.05) is 33.2 Å². The first-order valence-electron chi connectivity index (χ1n) is 7.01. The van der Waals surface area contributed by atoms with E-state index in [1.165, 1.54) is 22.5 Å². The molecule has 3 rings (SSSR count). The summed E-state index contributed by atoms with van der Waals surface area (Å²) in [5, 5.41) is 3.39. The van der Waals surface area contributed by atoms with Crippen molar-refractivity contribution in [1.82, 2.24) is 19.8 Å². The molecule has 1 aromatic heterocycles. The van der Waals surface area contributed by atoms with Crippen molar-refractivity contribution in [2.24, 2.45) is 7.05 Å². The summed E-state index contributed by atoms with van der Waals surface area (Å²) in [6, 6.07) is 4.44. The molecule has 0 unspecified atom stereocenters. The number of nitrogens with one attached hydrogen (secondary N) is 1. The standard InChI is InChI=1S/C15H22N4/c1-11-8-12(2)15-13(9-11)18(3)14(17-15)10-19-6-4-16-5-7-19/h8-9,16H,4-7,10H2,1-3H3. The molecular weight excluding hydrogens is 236 g/mol. The second kappa shape index (κ2) is 4.94. The monoisotopic (exact) mass is 258 g/mol. The Labute approximate surface area is 114 Å². The van der Waals surface area contributed by atoms with Gasteiger partial charge in [0.2, 0.25) is 0 Å². The number of fused-ring (bicyclic) bond motifs is 1. The fourth-order valence-corrected chi connectivity index (χ4v) is 2.89. The van der Waals surface area contributed by atoms with Crippen LogP contribution in [0.25, 0.3) is 11.0 Å². The Morgan fingerprint density at radius 2 is 1.95 bits per heavy atom. The summed E-state index contributed by atoms with van der Waals surface area (Å²) in [5.41, 5.74) is 4.99. The van der Waals surface area contributed by atoms with Crippen molar-refractivity contribution in [2.45, 2.75) is 20.4 Å². The van der Waals surface area contributed by atoms with Crippen LogP contribution in [0.15, 0.2) is 12.1 Å². The van der Waals surface area contributed by atoms with Crippen LogP contribution < -0.4 is 5.32 Å². The predicted molar refractivity (Wildman–Crippen MR) is 78.3 cm³/mol. The van der Waals surface area contributed by atoms with E-state index >= 15 is 0 Å². The zero-order valence-electron chi connectivity index (χ0n) is 12.0. The highest BCUT2D eigenvalue weighted by Crippen LogP contribution is 2.21. The number of imidazole rings is 1. The third-order valence-electron chi connectivity index (χ3n) is 3.99. The Kier molecular flexibility index (Phi) is 3.29. The summed E-state index contributed by atoms with van der Waals surface area (Å²) in [6.07, 6.45) is 0. The van der Waals surface area contributed by atoms with E-state index < -0.39 is 0 Å². The molecule has 0 amide bonds. The smallest absolute Gasteiger partial charge is 0.123 e. The molecule has 2 heterocycles. The summed E-state index contributed by atoms with van der Waals surface area (Å²) >= 11 is 0. The maximum atomic E-state index is 4.85. The van der Waals surface area contributed by atoms with Crippen LogP contribution in [0, 0.1) is 13.8 Å². The van der Waals surface area contributed by atoms with Gasteiger partial charge in [-0.3, -0.25) is 4.90 Å². The first-order chi connectivity index (χ1) is 9.15. The van der Waals surface area contributed by atoms with E-state index in [0.29, 0.717) is 0 Å². The van der Waals surface area contributed by atoms with Gasteiger partial charge in [-0.15, -0.1) is 0 Å². The van der Waals surface area contributed by atoms with Gasteiger partial charge in [-0.25, -0.2) is 4.98 Å². The lowest BCUT2D eigenvalue weighted by Crippen LogP contribution is -2.43. The van der Waals surface area contributed by atoms with E-state index in [1.807, 2.05) is 0 Å². The number of benzene rings is 1. The minimum Gasteiger partial charge on any atom is -0.330 e. The molecule has 0 radical (unpaired) electrons. The van der Waals surface area contributed by atoms with E-state index in [0.717, 1.165) is 38.2 Å². The zero-order chi connectivity index (χ0) is 13.4. The zero-order valence-corrected chi connectivity index (χ0v) is 12.0. The van der Waals surface area contributed by atoms with Gasteiger partial charge in [0.15, 0.2) is 0 Å². The van der Waals surface area contributed by atoms with Gasteiger partial charge in [-0.2, -0.15) is 0 Å². The number of rotatable bonds is 2. The third kappa shape index (κ3) is 2.38. The van der Waals surface area contributed by atoms with Crippen LogP contribution in [-0.2, 0) is 13.6 Å². The number of aromatic nitrogens is 2. The molecule has 1 fully saturated rings. The van der Waals surface area contributed by atoms with Gasteiger partial charge in [-0.1, -0.05) is 6.07 Å². The van der Waals surface area contributed by atoms with Crippen LogP contribution in [-0.4, -0.2) is 40.6 Å². The number of hydrogen-bond acceptors (Lipinski definition) is 3. The summed E-state index contributed by atoms with van der Waals surface area (Å²) in [5.74, 6) is 1.17. The molecule has 1 aliphatic heterocycles. The lowest BCUT2D eigenvalue weighted by atomic mass is 10.1. The number of piperazine rings is 1. The molecule has 1 N–H and O–H groups in total. The summed E-state index contributed by atoms with van der Waals surface area (Å²) < 4.78 is 2.25. The van der Waals surface area contributed by atoms with Crippen molar-refractivity contribution in [3.05, 3.63) is 29.1 Å². The van der Waals surface area contributed by atoms with Crippen molar-refractivity contribution in [2.75, 3.05) is 26.2 Å². The number of nitrogens with zero attached hydrogens (tertiary/aromatic N) is 3. The van der Waals surface area contributed by atoms with Crippen molar-refractivity contribution < 1.29 is 0 Å². The van der Waals surface area contributed by atoms with Gasteiger partial charge in [0.05, 0.1) is 17.6 Å². The van der Waals surface area contributed by atoms with E-state index in [2.05, 4.69) is 47.8 Å². The molecule has 1 aromatic carbocycles. The van der Waals surface area contributed by atoms with E-state index in [1.54, 1.807) is 0 Å². The predicted octanol–water partition coefficient (Wildman–Crippen LogP) is 1.60. The summed E-state index contributed by atoms with van der Waals surface area (Å²) in [4.78, 5) is 7.32. The Bertz CT molecular complexity index is 594. The SMILES string of the molecule is Cc1cc(C)c2nc(CN3CCNCC3)n(C)c2c1. The van der Waals surface area contributed by atoms with Crippen LogP contribution in [0.5, 0.6) is 0 Å². The van der Waals surface area contributed by atoms with E-state index in [9.17, 15) is 0 Å². The summed E-state index contributed by atoms with van der Waals surface area (Å²) in [6.45, 7) is 9.64. The van der Waals surface area contributed by atoms with Crippen LogP contribution in [0.3, 0.4) is 0 Å². The van der Waals surface area contributed by atoms with Crippen molar-refractivity contribution in [3.63, 3.8) is 0 Å². The Hall–Kier alpha value is -1.39. The van der Waals surface area contributed by atoms with Crippen molar-refractivity contribution in [1.29, 1.82) is 0 Å². The highest BCUT2D eigenvalue weighted by molar-refractivity contribution is 5.80. The second-order valence-corrected chi connectivity index (χ2v) is 5.56. The van der Waals surface area contributed by atoms with Crippen LogP contribution in [0.4, 0.5) is 0 Å². The lowest BCUT2D eigenvalue weighted by Gasteiger charge is -2.26. The molecule has 0 atom stereocenters. The molecule has 1 aliphatic rings. The molecule has 2 aromatic rings. The van der Waals surface area contributed by atoms with Crippen LogP contribution >= 0.6 is 0 Å². The first kappa shape index (κ1) is 12.6. The molecule has 4 heteroatoms. The van der Waals surface area contributed by atoms with Gasteiger partial charge < -0.3 is 9.88 Å². The minimum atomic E-state index is 0.950. The van der Waals surface area contributed by atoms with E-state index in [4.69, 9.17) is 4.98 Å². The maximum Gasteiger partial charge on any atom is 0.123 e.